The molecule has 9 nitrogen and oxygen atoms in total. The maximum atomic E-state index is 13.9. The van der Waals surface area contributed by atoms with Gasteiger partial charge in [0.1, 0.15) is 12.1 Å². The average Bonchev–Trinajstić information content (AvgIpc) is 3.33. The first kappa shape index (κ1) is 24.8. The molecule has 6 rings (SSSR count). The molecule has 2 saturated heterocycles. The summed E-state index contributed by atoms with van der Waals surface area (Å²) in [7, 11) is 3.21. The average molecular weight is 519 g/mol. The number of benzene rings is 2. The number of amides is 2. The Morgan fingerprint density at radius 3 is 2.61 bits per heavy atom. The first-order valence-corrected chi connectivity index (χ1v) is 13.3. The third-order valence-corrected chi connectivity index (χ3v) is 8.08. The molecule has 0 aliphatic carbocycles. The smallest absolute Gasteiger partial charge is 0.246 e. The minimum Gasteiger partial charge on any atom is -0.493 e. The molecule has 2 aromatic carbocycles. The molecule has 2 fully saturated rings. The number of piperazine rings is 1. The fraction of sp³-hybridized carbons (Fsp3) is 0.448. The topological polar surface area (TPSA) is 87.3 Å². The van der Waals surface area contributed by atoms with E-state index in [9.17, 15) is 9.59 Å². The fourth-order valence-corrected chi connectivity index (χ4v) is 6.27. The highest BCUT2D eigenvalue weighted by Crippen LogP contribution is 2.46. The van der Waals surface area contributed by atoms with Crippen molar-refractivity contribution in [3.63, 3.8) is 0 Å². The molecule has 9 heteroatoms. The van der Waals surface area contributed by atoms with Gasteiger partial charge in [0, 0.05) is 54.8 Å². The number of methoxy groups -OCH3 is 2. The fourth-order valence-electron chi connectivity index (χ4n) is 6.27. The zero-order valence-electron chi connectivity index (χ0n) is 21.9. The summed E-state index contributed by atoms with van der Waals surface area (Å²) in [6.07, 6.45) is 1.31. The summed E-state index contributed by atoms with van der Waals surface area (Å²) in [6.45, 7) is 4.87. The normalized spacial score (nSPS) is 21.9. The van der Waals surface area contributed by atoms with E-state index in [1.807, 2.05) is 36.4 Å². The Morgan fingerprint density at radius 1 is 1.00 bits per heavy atom. The Balaban J connectivity index is 1.36. The number of carbonyl (C=O) groups is 2. The highest BCUT2D eigenvalue weighted by molar-refractivity contribution is 5.97. The number of hydrogen-bond donors (Lipinski definition) is 1. The number of hydrogen-bond acceptors (Lipinski definition) is 6. The van der Waals surface area contributed by atoms with Gasteiger partial charge >= 0.3 is 0 Å². The van der Waals surface area contributed by atoms with Crippen molar-refractivity contribution in [2.75, 3.05) is 60.2 Å². The summed E-state index contributed by atoms with van der Waals surface area (Å²) >= 11 is 0. The standard InChI is InChI=1S/C29H34N4O5/c1-36-24-10-5-8-20(28(24)37-2)27-26-21(19-7-3-4-9-22(19)30-26)17-23-29(35)32(18-25(34)33(23)27)12-6-11-31-13-15-38-16-14-31/h3-5,7-10,23,27,30H,6,11-18H2,1-2H3/t23-,27-/m0/s1. The van der Waals surface area contributed by atoms with Crippen molar-refractivity contribution in [2.24, 2.45) is 0 Å². The van der Waals surface area contributed by atoms with Gasteiger partial charge in [-0.25, -0.2) is 0 Å². The molecule has 0 unspecified atom stereocenters. The van der Waals surface area contributed by atoms with Gasteiger partial charge in [0.05, 0.1) is 34.0 Å². The second kappa shape index (κ2) is 10.3. The van der Waals surface area contributed by atoms with E-state index in [2.05, 4.69) is 16.0 Å². The van der Waals surface area contributed by atoms with Crippen LogP contribution in [0.15, 0.2) is 42.5 Å². The van der Waals surface area contributed by atoms with E-state index < -0.39 is 12.1 Å². The monoisotopic (exact) mass is 518 g/mol. The molecule has 3 aliphatic rings. The van der Waals surface area contributed by atoms with Crippen LogP contribution in [-0.4, -0.2) is 97.7 Å². The number of fused-ring (bicyclic) bond motifs is 4. The number of ether oxygens (including phenoxy) is 3. The first-order valence-electron chi connectivity index (χ1n) is 13.3. The first-order chi connectivity index (χ1) is 18.6. The molecule has 0 saturated carbocycles. The number of H-pyrrole nitrogens is 1. The van der Waals surface area contributed by atoms with Gasteiger partial charge in [0.15, 0.2) is 11.5 Å². The van der Waals surface area contributed by atoms with Crippen LogP contribution in [-0.2, 0) is 20.7 Å². The van der Waals surface area contributed by atoms with Crippen LogP contribution in [0.5, 0.6) is 11.5 Å². The molecule has 0 radical (unpaired) electrons. The Morgan fingerprint density at radius 2 is 1.82 bits per heavy atom. The molecule has 200 valence electrons. The van der Waals surface area contributed by atoms with Crippen molar-refractivity contribution >= 4 is 22.7 Å². The third-order valence-electron chi connectivity index (χ3n) is 8.08. The summed E-state index contributed by atoms with van der Waals surface area (Å²) < 4.78 is 16.8. The maximum absolute atomic E-state index is 13.9. The van der Waals surface area contributed by atoms with E-state index in [0.717, 1.165) is 67.0 Å². The summed E-state index contributed by atoms with van der Waals surface area (Å²) in [5.41, 5.74) is 3.79. The molecule has 2 amide bonds. The van der Waals surface area contributed by atoms with Crippen LogP contribution in [0.3, 0.4) is 0 Å². The van der Waals surface area contributed by atoms with Crippen LogP contribution in [0.2, 0.25) is 0 Å². The van der Waals surface area contributed by atoms with Crippen LogP contribution in [0.4, 0.5) is 0 Å². The highest BCUT2D eigenvalue weighted by Gasteiger charge is 2.49. The number of nitrogens with one attached hydrogen (secondary N) is 1. The van der Waals surface area contributed by atoms with E-state index in [-0.39, 0.29) is 18.4 Å². The van der Waals surface area contributed by atoms with Gasteiger partial charge in [0.2, 0.25) is 11.8 Å². The predicted molar refractivity (Wildman–Crippen MR) is 142 cm³/mol. The summed E-state index contributed by atoms with van der Waals surface area (Å²) in [5.74, 6) is 1.11. The summed E-state index contributed by atoms with van der Waals surface area (Å²) in [5, 5.41) is 1.08. The number of nitrogens with zero attached hydrogens (tertiary/aromatic N) is 3. The Bertz CT molecular complexity index is 1350. The Labute approximate surface area is 222 Å². The molecular weight excluding hydrogens is 484 g/mol. The zero-order valence-corrected chi connectivity index (χ0v) is 21.9. The molecule has 0 bridgehead atoms. The minimum atomic E-state index is -0.577. The largest absolute Gasteiger partial charge is 0.493 e. The van der Waals surface area contributed by atoms with Crippen molar-refractivity contribution in [3.8, 4) is 11.5 Å². The van der Waals surface area contributed by atoms with Crippen molar-refractivity contribution in [2.45, 2.75) is 24.9 Å². The van der Waals surface area contributed by atoms with E-state index in [4.69, 9.17) is 14.2 Å². The number of aromatic amines is 1. The molecule has 0 spiro atoms. The third kappa shape index (κ3) is 4.19. The van der Waals surface area contributed by atoms with Gasteiger partial charge in [-0.15, -0.1) is 0 Å². The predicted octanol–water partition coefficient (Wildman–Crippen LogP) is 2.59. The lowest BCUT2D eigenvalue weighted by molar-refractivity contribution is -0.158. The molecule has 3 aliphatic heterocycles. The number of para-hydroxylation sites is 2. The molecular formula is C29H34N4O5. The van der Waals surface area contributed by atoms with Crippen molar-refractivity contribution in [1.29, 1.82) is 0 Å². The highest BCUT2D eigenvalue weighted by atomic mass is 16.5. The lowest BCUT2D eigenvalue weighted by atomic mass is 9.85. The van der Waals surface area contributed by atoms with Crippen LogP contribution < -0.4 is 9.47 Å². The second-order valence-corrected chi connectivity index (χ2v) is 10.1. The Kier molecular flexibility index (Phi) is 6.71. The molecule has 4 heterocycles. The molecule has 38 heavy (non-hydrogen) atoms. The number of carbonyl (C=O) groups excluding carboxylic acids is 2. The molecule has 3 aromatic rings. The maximum Gasteiger partial charge on any atom is 0.246 e. The van der Waals surface area contributed by atoms with Gasteiger partial charge in [-0.3, -0.25) is 14.5 Å². The van der Waals surface area contributed by atoms with Gasteiger partial charge in [0.25, 0.3) is 0 Å². The number of rotatable bonds is 7. The summed E-state index contributed by atoms with van der Waals surface area (Å²) in [6, 6.07) is 12.7. The van der Waals surface area contributed by atoms with E-state index in [1.165, 1.54) is 0 Å². The van der Waals surface area contributed by atoms with Crippen LogP contribution in [0.1, 0.15) is 29.3 Å². The minimum absolute atomic E-state index is 0.00868. The zero-order chi connectivity index (χ0) is 26.2. The lowest BCUT2D eigenvalue weighted by Gasteiger charge is -2.47. The van der Waals surface area contributed by atoms with E-state index in [0.29, 0.717) is 24.5 Å². The Hall–Kier alpha value is -3.56. The summed E-state index contributed by atoms with van der Waals surface area (Å²) in [4.78, 5) is 37.2. The molecule has 1 N–H and O–H groups in total. The van der Waals surface area contributed by atoms with Crippen LogP contribution >= 0.6 is 0 Å². The van der Waals surface area contributed by atoms with Gasteiger partial charge in [-0.05, 0) is 24.1 Å². The lowest BCUT2D eigenvalue weighted by Crippen LogP contribution is -2.63. The van der Waals surface area contributed by atoms with Crippen molar-refractivity contribution in [3.05, 3.63) is 59.3 Å². The molecule has 2 atom stereocenters. The molecule has 1 aromatic heterocycles. The number of aromatic nitrogens is 1. The SMILES string of the molecule is COc1cccc([C@H]2c3[nH]c4ccccc4c3C[C@H]3C(=O)N(CCCN4CCOCC4)CC(=O)N23)c1OC. The quantitative estimate of drug-likeness (QED) is 0.518. The van der Waals surface area contributed by atoms with E-state index >= 15 is 0 Å². The van der Waals surface area contributed by atoms with Crippen LogP contribution in [0, 0.1) is 0 Å². The number of morpholine rings is 1. The van der Waals surface area contributed by atoms with Crippen molar-refractivity contribution < 1.29 is 23.8 Å². The van der Waals surface area contributed by atoms with E-state index in [1.54, 1.807) is 24.0 Å². The van der Waals surface area contributed by atoms with Gasteiger partial charge in [-0.2, -0.15) is 0 Å². The van der Waals surface area contributed by atoms with Crippen LogP contribution in [0.25, 0.3) is 10.9 Å². The van der Waals surface area contributed by atoms with Gasteiger partial charge in [-0.1, -0.05) is 30.3 Å². The van der Waals surface area contributed by atoms with Crippen molar-refractivity contribution in [1.82, 2.24) is 19.7 Å². The van der Waals surface area contributed by atoms with Gasteiger partial charge < -0.3 is 29.0 Å². The second-order valence-electron chi connectivity index (χ2n) is 10.1.